The molecule has 3 aliphatic rings. The molecule has 0 aromatic heterocycles. The fourth-order valence-electron chi connectivity index (χ4n) is 4.79. The summed E-state index contributed by atoms with van der Waals surface area (Å²) in [5.74, 6) is 0.538. The zero-order chi connectivity index (χ0) is 15.2. The molecule has 2 N–H and O–H groups in total. The van der Waals surface area contributed by atoms with Gasteiger partial charge in [0.1, 0.15) is 0 Å². The fourth-order valence-corrected chi connectivity index (χ4v) is 4.79. The van der Waals surface area contributed by atoms with Crippen LogP contribution in [0.4, 0.5) is 0 Å². The van der Waals surface area contributed by atoms with Crippen molar-refractivity contribution in [2.24, 2.45) is 0 Å². The Labute approximate surface area is 132 Å². The Hall–Kier alpha value is -1.64. The molecule has 0 amide bonds. The van der Waals surface area contributed by atoms with Gasteiger partial charge in [0.15, 0.2) is 0 Å². The van der Waals surface area contributed by atoms with Gasteiger partial charge in [-0.1, -0.05) is 48.5 Å². The van der Waals surface area contributed by atoms with E-state index in [9.17, 15) is 5.11 Å². The second-order valence-corrected chi connectivity index (χ2v) is 6.76. The maximum atomic E-state index is 10.5. The molecule has 22 heavy (non-hydrogen) atoms. The van der Waals surface area contributed by atoms with Gasteiger partial charge in [0, 0.05) is 17.9 Å². The summed E-state index contributed by atoms with van der Waals surface area (Å²) >= 11 is 0. The highest BCUT2D eigenvalue weighted by Crippen LogP contribution is 2.57. The quantitative estimate of drug-likeness (QED) is 0.907. The van der Waals surface area contributed by atoms with Crippen molar-refractivity contribution in [3.05, 3.63) is 70.8 Å². The summed E-state index contributed by atoms with van der Waals surface area (Å²) < 4.78 is 0. The maximum Gasteiger partial charge on any atom is 0.0676 e. The van der Waals surface area contributed by atoms with Gasteiger partial charge in [0.25, 0.3) is 0 Å². The van der Waals surface area contributed by atoms with Gasteiger partial charge < -0.3 is 10.4 Å². The number of aliphatic hydroxyl groups is 1. The number of benzene rings is 2. The summed E-state index contributed by atoms with van der Waals surface area (Å²) in [5, 5.41) is 13.6. The van der Waals surface area contributed by atoms with Gasteiger partial charge in [-0.25, -0.2) is 0 Å². The van der Waals surface area contributed by atoms with Crippen LogP contribution in [-0.4, -0.2) is 24.8 Å². The first-order chi connectivity index (χ1) is 10.8. The lowest BCUT2D eigenvalue weighted by Gasteiger charge is -2.50. The van der Waals surface area contributed by atoms with Crippen LogP contribution in [0.5, 0.6) is 0 Å². The third-order valence-electron chi connectivity index (χ3n) is 5.59. The van der Waals surface area contributed by atoms with Crippen molar-refractivity contribution >= 4 is 0 Å². The Morgan fingerprint density at radius 2 is 1.68 bits per heavy atom. The number of rotatable bonds is 4. The highest BCUT2D eigenvalue weighted by Gasteiger charge is 2.48. The monoisotopic (exact) mass is 292 g/mol. The molecule has 114 valence electrons. The maximum absolute atomic E-state index is 10.5. The Bertz CT molecular complexity index is 646. The number of hydrogen-bond acceptors (Lipinski definition) is 2. The van der Waals surface area contributed by atoms with Gasteiger partial charge in [0.2, 0.25) is 0 Å². The van der Waals surface area contributed by atoms with E-state index < -0.39 is 0 Å². The summed E-state index contributed by atoms with van der Waals surface area (Å²) in [4.78, 5) is 0. The lowest BCUT2D eigenvalue weighted by Crippen LogP contribution is -2.43. The average molecular weight is 292 g/mol. The van der Waals surface area contributed by atoms with Crippen LogP contribution in [-0.2, 0) is 5.41 Å². The van der Waals surface area contributed by atoms with Crippen molar-refractivity contribution in [3.63, 3.8) is 0 Å². The molecule has 2 heteroatoms. The highest BCUT2D eigenvalue weighted by molar-refractivity contribution is 5.59. The molecule has 2 nitrogen and oxygen atoms in total. The van der Waals surface area contributed by atoms with Crippen molar-refractivity contribution in [1.29, 1.82) is 0 Å². The second kappa shape index (κ2) is 5.22. The third kappa shape index (κ3) is 1.87. The predicted molar refractivity (Wildman–Crippen MR) is 89.3 cm³/mol. The smallest absolute Gasteiger partial charge is 0.0676 e. The van der Waals surface area contributed by atoms with Crippen molar-refractivity contribution < 1.29 is 5.11 Å². The Balaban J connectivity index is 1.89. The number of nitrogens with one attached hydrogen (secondary N) is 1. The minimum Gasteiger partial charge on any atom is -0.392 e. The summed E-state index contributed by atoms with van der Waals surface area (Å²) in [6.45, 7) is 0.648. The molecular formula is C20H23NO. The summed E-state index contributed by atoms with van der Waals surface area (Å²) in [6.07, 6.45) is 2.82. The van der Waals surface area contributed by atoms with Gasteiger partial charge in [-0.15, -0.1) is 0 Å². The van der Waals surface area contributed by atoms with Crippen molar-refractivity contribution in [3.8, 4) is 0 Å². The van der Waals surface area contributed by atoms with Crippen LogP contribution in [0.1, 0.15) is 47.4 Å². The Kier molecular flexibility index (Phi) is 3.32. The second-order valence-electron chi connectivity index (χ2n) is 6.76. The minimum atomic E-state index is -0.319. The highest BCUT2D eigenvalue weighted by atomic mass is 16.3. The first-order valence-electron chi connectivity index (χ1n) is 8.28. The van der Waals surface area contributed by atoms with Gasteiger partial charge in [-0.3, -0.25) is 0 Å². The SMILES string of the molecule is [11CH3]NC[C@@H](O)CC12CCC(c3ccccc31)c1ccccc12. The van der Waals surface area contributed by atoms with Crippen LogP contribution in [0.2, 0.25) is 0 Å². The molecule has 0 fully saturated rings. The van der Waals surface area contributed by atoms with Crippen LogP contribution < -0.4 is 5.32 Å². The lowest BCUT2D eigenvalue weighted by molar-refractivity contribution is 0.130. The summed E-state index contributed by atoms with van der Waals surface area (Å²) in [6, 6.07) is 17.7. The third-order valence-corrected chi connectivity index (χ3v) is 5.59. The molecular weight excluding hydrogens is 269 g/mol. The summed E-state index contributed by atoms with van der Waals surface area (Å²) in [7, 11) is 1.90. The zero-order valence-corrected chi connectivity index (χ0v) is 13.0. The molecule has 2 bridgehead atoms. The van der Waals surface area contributed by atoms with Crippen LogP contribution in [0.25, 0.3) is 0 Å². The fraction of sp³-hybridized carbons (Fsp3) is 0.400. The molecule has 0 unspecified atom stereocenters. The molecule has 0 radical (unpaired) electrons. The average Bonchev–Trinajstić information content (AvgIpc) is 2.56. The van der Waals surface area contributed by atoms with Crippen LogP contribution in [0.15, 0.2) is 48.5 Å². The number of likely N-dealkylation sites (N-methyl/N-ethyl adjacent to an activating group) is 1. The van der Waals surface area contributed by atoms with E-state index >= 15 is 0 Å². The molecule has 0 heterocycles. The number of aliphatic hydroxyl groups excluding tert-OH is 1. The van der Waals surface area contributed by atoms with E-state index in [0.717, 1.165) is 12.8 Å². The Morgan fingerprint density at radius 1 is 1.09 bits per heavy atom. The van der Waals surface area contributed by atoms with E-state index in [1.807, 2.05) is 7.05 Å². The van der Waals surface area contributed by atoms with E-state index in [0.29, 0.717) is 12.5 Å². The van der Waals surface area contributed by atoms with Gasteiger partial charge in [-0.2, -0.15) is 0 Å². The van der Waals surface area contributed by atoms with Crippen molar-refractivity contribution in [2.75, 3.05) is 13.6 Å². The van der Waals surface area contributed by atoms with Crippen molar-refractivity contribution in [1.82, 2.24) is 5.32 Å². The van der Waals surface area contributed by atoms with Gasteiger partial charge in [-0.05, 0) is 48.6 Å². The van der Waals surface area contributed by atoms with Crippen LogP contribution in [0, 0.1) is 0 Å². The molecule has 0 aliphatic heterocycles. The molecule has 0 saturated heterocycles. The van der Waals surface area contributed by atoms with E-state index in [1.54, 1.807) is 0 Å². The van der Waals surface area contributed by atoms with Gasteiger partial charge in [0.05, 0.1) is 6.10 Å². The van der Waals surface area contributed by atoms with Crippen LogP contribution in [0.3, 0.4) is 0 Å². The van der Waals surface area contributed by atoms with E-state index in [2.05, 4.69) is 53.8 Å². The molecule has 2 aromatic rings. The standard InChI is InChI=1S/C20H23NO/c1-21-13-14(22)12-20-11-10-15(16-6-2-4-8-18(16)20)17-7-3-5-9-19(17)20/h2-9,14-15,21-22H,10-13H2,1H3/t14-,15?,20?/m0/s1/i1-1. The summed E-state index contributed by atoms with van der Waals surface area (Å²) in [5.41, 5.74) is 5.83. The minimum absolute atomic E-state index is 0.0157. The van der Waals surface area contributed by atoms with E-state index in [-0.39, 0.29) is 11.5 Å². The molecule has 3 aliphatic carbocycles. The first-order valence-corrected chi connectivity index (χ1v) is 8.28. The number of fused-ring (bicyclic) bond motifs is 1. The van der Waals surface area contributed by atoms with E-state index in [1.165, 1.54) is 28.7 Å². The number of hydrogen-bond donors (Lipinski definition) is 2. The normalized spacial score (nSPS) is 26.4. The molecule has 5 rings (SSSR count). The van der Waals surface area contributed by atoms with Crippen molar-refractivity contribution in [2.45, 2.75) is 36.7 Å². The van der Waals surface area contributed by atoms with Crippen LogP contribution >= 0.6 is 0 Å². The zero-order valence-electron chi connectivity index (χ0n) is 13.0. The van der Waals surface area contributed by atoms with E-state index in [4.69, 9.17) is 0 Å². The first kappa shape index (κ1) is 14.0. The molecule has 0 saturated carbocycles. The Morgan fingerprint density at radius 3 is 2.27 bits per heavy atom. The molecule has 2 aromatic carbocycles. The lowest BCUT2D eigenvalue weighted by atomic mass is 9.53. The molecule has 1 atom stereocenters. The van der Waals surface area contributed by atoms with Gasteiger partial charge >= 0.3 is 0 Å². The topological polar surface area (TPSA) is 32.3 Å². The predicted octanol–water partition coefficient (Wildman–Crippen LogP) is 3.18. The largest absolute Gasteiger partial charge is 0.392 e. The molecule has 0 spiro atoms.